The minimum atomic E-state index is 0.777. The van der Waals surface area contributed by atoms with Gasteiger partial charge in [-0.3, -0.25) is 0 Å². The van der Waals surface area contributed by atoms with Crippen molar-refractivity contribution >= 4 is 11.0 Å². The predicted molar refractivity (Wildman–Crippen MR) is 80.9 cm³/mol. The van der Waals surface area contributed by atoms with Gasteiger partial charge in [-0.1, -0.05) is 41.5 Å². The molecule has 2 aromatic rings. The average molecular weight is 249 g/mol. The average Bonchev–Trinajstić information content (AvgIpc) is 2.45. The van der Waals surface area contributed by atoms with Crippen LogP contribution in [-0.4, -0.2) is 15.0 Å². The van der Waals surface area contributed by atoms with Gasteiger partial charge in [0.15, 0.2) is 5.65 Å². The highest BCUT2D eigenvalue weighted by molar-refractivity contribution is 5.76. The molecule has 0 saturated carbocycles. The Bertz CT molecular complexity index is 425. The Balaban J connectivity index is 0. The van der Waals surface area contributed by atoms with E-state index < -0.39 is 0 Å². The SMILES string of the molecule is CC.CC.CC.Cc1nc(C)c2cccnc2n1. The topological polar surface area (TPSA) is 38.7 Å². The molecule has 0 N–H and O–H groups in total. The number of rotatable bonds is 0. The van der Waals surface area contributed by atoms with Crippen LogP contribution in [-0.2, 0) is 0 Å². The highest BCUT2D eigenvalue weighted by Crippen LogP contribution is 2.11. The van der Waals surface area contributed by atoms with Crippen molar-refractivity contribution in [1.82, 2.24) is 15.0 Å². The maximum atomic E-state index is 4.25. The summed E-state index contributed by atoms with van der Waals surface area (Å²) in [6.07, 6.45) is 1.74. The summed E-state index contributed by atoms with van der Waals surface area (Å²) in [5.74, 6) is 0.777. The van der Waals surface area contributed by atoms with Crippen LogP contribution in [0.5, 0.6) is 0 Å². The largest absolute Gasteiger partial charge is 0.238 e. The summed E-state index contributed by atoms with van der Waals surface area (Å²) in [7, 11) is 0. The van der Waals surface area contributed by atoms with Gasteiger partial charge in [0, 0.05) is 11.6 Å². The van der Waals surface area contributed by atoms with Gasteiger partial charge >= 0.3 is 0 Å². The number of hydrogen-bond acceptors (Lipinski definition) is 3. The fourth-order valence-electron chi connectivity index (χ4n) is 1.25. The van der Waals surface area contributed by atoms with E-state index in [-0.39, 0.29) is 0 Å². The lowest BCUT2D eigenvalue weighted by molar-refractivity contribution is 1.03. The van der Waals surface area contributed by atoms with Crippen molar-refractivity contribution in [2.45, 2.75) is 55.4 Å². The lowest BCUT2D eigenvalue weighted by Crippen LogP contribution is -1.94. The Morgan fingerprint density at radius 2 is 1.39 bits per heavy atom. The maximum absolute atomic E-state index is 4.25. The first-order valence-electron chi connectivity index (χ1n) is 6.83. The standard InChI is InChI=1S/C9H9N3.3C2H6/c1-6-8-4-3-5-10-9(8)12-7(2)11-6;3*1-2/h3-5H,1-2H3;3*1-2H3. The quantitative estimate of drug-likeness (QED) is 0.678. The number of nitrogens with zero attached hydrogens (tertiary/aromatic N) is 3. The number of aryl methyl sites for hydroxylation is 2. The van der Waals surface area contributed by atoms with E-state index in [4.69, 9.17) is 0 Å². The molecule has 2 aromatic heterocycles. The molecule has 0 aliphatic heterocycles. The van der Waals surface area contributed by atoms with E-state index in [0.717, 1.165) is 22.6 Å². The molecule has 0 amide bonds. The first-order valence-corrected chi connectivity index (χ1v) is 6.83. The molecule has 3 nitrogen and oxygen atoms in total. The number of fused-ring (bicyclic) bond motifs is 1. The van der Waals surface area contributed by atoms with E-state index in [0.29, 0.717) is 0 Å². The Kier molecular flexibility index (Phi) is 12.5. The second-order valence-electron chi connectivity index (χ2n) is 2.73. The number of aromatic nitrogens is 3. The number of hydrogen-bond donors (Lipinski definition) is 0. The zero-order valence-electron chi connectivity index (χ0n) is 13.1. The van der Waals surface area contributed by atoms with Gasteiger partial charge in [-0.05, 0) is 26.0 Å². The summed E-state index contributed by atoms with van der Waals surface area (Å²) in [4.78, 5) is 12.6. The second-order valence-corrected chi connectivity index (χ2v) is 2.73. The van der Waals surface area contributed by atoms with Crippen LogP contribution in [0.2, 0.25) is 0 Å². The van der Waals surface area contributed by atoms with Crippen molar-refractivity contribution in [2.24, 2.45) is 0 Å². The highest BCUT2D eigenvalue weighted by atomic mass is 14.9. The smallest absolute Gasteiger partial charge is 0.163 e. The molecule has 0 unspecified atom stereocenters. The molecule has 0 radical (unpaired) electrons. The fraction of sp³-hybridized carbons (Fsp3) is 0.533. The normalized spacial score (nSPS) is 8.00. The van der Waals surface area contributed by atoms with Crippen LogP contribution >= 0.6 is 0 Å². The Morgan fingerprint density at radius 3 is 1.94 bits per heavy atom. The molecule has 2 heterocycles. The van der Waals surface area contributed by atoms with E-state index in [1.807, 2.05) is 67.5 Å². The maximum Gasteiger partial charge on any atom is 0.163 e. The lowest BCUT2D eigenvalue weighted by atomic mass is 10.2. The summed E-state index contributed by atoms with van der Waals surface area (Å²) in [6, 6.07) is 3.88. The molecule has 0 spiro atoms. The zero-order chi connectivity index (χ0) is 14.6. The van der Waals surface area contributed by atoms with E-state index in [1.165, 1.54) is 0 Å². The van der Waals surface area contributed by atoms with E-state index in [2.05, 4.69) is 15.0 Å². The van der Waals surface area contributed by atoms with Gasteiger partial charge in [-0.15, -0.1) is 0 Å². The predicted octanol–water partition coefficient (Wildman–Crippen LogP) is 4.72. The molecular weight excluding hydrogens is 222 g/mol. The van der Waals surface area contributed by atoms with E-state index >= 15 is 0 Å². The van der Waals surface area contributed by atoms with Crippen LogP contribution in [0, 0.1) is 13.8 Å². The molecule has 18 heavy (non-hydrogen) atoms. The first-order chi connectivity index (χ1) is 8.77. The Labute approximate surface area is 112 Å². The molecule has 0 saturated heterocycles. The molecule has 0 fully saturated rings. The van der Waals surface area contributed by atoms with Crippen molar-refractivity contribution in [3.05, 3.63) is 29.8 Å². The molecule has 0 bridgehead atoms. The van der Waals surface area contributed by atoms with Crippen molar-refractivity contribution in [3.8, 4) is 0 Å². The van der Waals surface area contributed by atoms with Crippen molar-refractivity contribution in [2.75, 3.05) is 0 Å². The molecule has 0 atom stereocenters. The Hall–Kier alpha value is -1.51. The summed E-state index contributed by atoms with van der Waals surface area (Å²) >= 11 is 0. The van der Waals surface area contributed by atoms with E-state index in [1.54, 1.807) is 6.20 Å². The minimum absolute atomic E-state index is 0.777. The van der Waals surface area contributed by atoms with Crippen molar-refractivity contribution < 1.29 is 0 Å². The molecule has 2 rings (SSSR count). The van der Waals surface area contributed by atoms with Crippen LogP contribution in [0.25, 0.3) is 11.0 Å². The second kappa shape index (κ2) is 12.0. The van der Waals surface area contributed by atoms with Crippen LogP contribution in [0.3, 0.4) is 0 Å². The van der Waals surface area contributed by atoms with Crippen molar-refractivity contribution in [1.29, 1.82) is 0 Å². The third-order valence-electron chi connectivity index (χ3n) is 1.77. The van der Waals surface area contributed by atoms with Gasteiger partial charge in [0.05, 0.1) is 5.69 Å². The molecule has 0 aliphatic rings. The first kappa shape index (κ1) is 18.8. The summed E-state index contributed by atoms with van der Waals surface area (Å²) in [6.45, 7) is 15.8. The fourth-order valence-corrected chi connectivity index (χ4v) is 1.25. The van der Waals surface area contributed by atoms with Gasteiger partial charge in [-0.25, -0.2) is 15.0 Å². The summed E-state index contributed by atoms with van der Waals surface area (Å²) in [5, 5.41) is 1.03. The summed E-state index contributed by atoms with van der Waals surface area (Å²) < 4.78 is 0. The van der Waals surface area contributed by atoms with Crippen LogP contribution in [0.1, 0.15) is 53.1 Å². The summed E-state index contributed by atoms with van der Waals surface area (Å²) in [5.41, 5.74) is 1.77. The monoisotopic (exact) mass is 249 g/mol. The van der Waals surface area contributed by atoms with Crippen LogP contribution in [0.4, 0.5) is 0 Å². The molecule has 3 heteroatoms. The van der Waals surface area contributed by atoms with Gasteiger partial charge < -0.3 is 0 Å². The van der Waals surface area contributed by atoms with Crippen molar-refractivity contribution in [3.63, 3.8) is 0 Å². The molecule has 0 aliphatic carbocycles. The van der Waals surface area contributed by atoms with Gasteiger partial charge in [-0.2, -0.15) is 0 Å². The highest BCUT2D eigenvalue weighted by Gasteiger charge is 2.00. The Morgan fingerprint density at radius 1 is 0.833 bits per heavy atom. The van der Waals surface area contributed by atoms with Gasteiger partial charge in [0.25, 0.3) is 0 Å². The van der Waals surface area contributed by atoms with Crippen LogP contribution < -0.4 is 0 Å². The zero-order valence-corrected chi connectivity index (χ0v) is 13.1. The van der Waals surface area contributed by atoms with Gasteiger partial charge in [0.2, 0.25) is 0 Å². The number of pyridine rings is 1. The lowest BCUT2D eigenvalue weighted by Gasteiger charge is -1.99. The minimum Gasteiger partial charge on any atom is -0.238 e. The van der Waals surface area contributed by atoms with Gasteiger partial charge in [0.1, 0.15) is 5.82 Å². The van der Waals surface area contributed by atoms with E-state index in [9.17, 15) is 0 Å². The molecular formula is C15H27N3. The third kappa shape index (κ3) is 5.71. The molecule has 0 aromatic carbocycles. The molecule has 102 valence electrons. The third-order valence-corrected chi connectivity index (χ3v) is 1.77. The van der Waals surface area contributed by atoms with Crippen LogP contribution in [0.15, 0.2) is 18.3 Å².